The molecule has 1 atom stereocenters. The summed E-state index contributed by atoms with van der Waals surface area (Å²) in [6, 6.07) is 3.79. The van der Waals surface area contributed by atoms with Gasteiger partial charge in [0.15, 0.2) is 0 Å². The van der Waals surface area contributed by atoms with E-state index < -0.39 is 30.2 Å². The van der Waals surface area contributed by atoms with Crippen LogP contribution in [0.1, 0.15) is 53.2 Å². The van der Waals surface area contributed by atoms with Crippen LogP contribution in [0.4, 0.5) is 8.78 Å². The Bertz CT molecular complexity index is 690. The molecule has 0 unspecified atom stereocenters. The molecule has 0 saturated carbocycles. The first kappa shape index (κ1) is 17.1. The van der Waals surface area contributed by atoms with E-state index in [9.17, 15) is 18.7 Å². The van der Waals surface area contributed by atoms with Crippen LogP contribution < -0.4 is 5.32 Å². The molecule has 1 amide bonds. The van der Waals surface area contributed by atoms with E-state index in [2.05, 4.69) is 5.32 Å². The standard InChI is InChI=1S/C17H19F2NO3/c1-9(2)15-7-11(10(3)23-15)17(22)20-14(8-21)16-12(18)5-4-6-13(16)19/h4-7,9,14,21H,8H2,1-3H3,(H,20,22)/t14-/m0/s1. The molecule has 0 fully saturated rings. The summed E-state index contributed by atoms with van der Waals surface area (Å²) < 4.78 is 33.1. The number of amides is 1. The topological polar surface area (TPSA) is 62.5 Å². The van der Waals surface area contributed by atoms with Crippen molar-refractivity contribution in [2.45, 2.75) is 32.7 Å². The SMILES string of the molecule is Cc1oc(C(C)C)cc1C(=O)N[C@@H](CO)c1c(F)cccc1F. The largest absolute Gasteiger partial charge is 0.465 e. The Labute approximate surface area is 133 Å². The lowest BCUT2D eigenvalue weighted by Crippen LogP contribution is -2.32. The molecular weight excluding hydrogens is 304 g/mol. The highest BCUT2D eigenvalue weighted by Gasteiger charge is 2.24. The summed E-state index contributed by atoms with van der Waals surface area (Å²) >= 11 is 0. The average Bonchev–Trinajstić information content (AvgIpc) is 2.88. The van der Waals surface area contributed by atoms with Crippen molar-refractivity contribution >= 4 is 5.91 Å². The van der Waals surface area contributed by atoms with Gasteiger partial charge in [-0.1, -0.05) is 19.9 Å². The molecule has 0 saturated heterocycles. The Balaban J connectivity index is 2.27. The molecule has 4 nitrogen and oxygen atoms in total. The van der Waals surface area contributed by atoms with Crippen LogP contribution in [-0.4, -0.2) is 17.6 Å². The molecule has 0 spiro atoms. The second-order valence-corrected chi connectivity index (χ2v) is 5.62. The van der Waals surface area contributed by atoms with Crippen molar-refractivity contribution in [3.8, 4) is 0 Å². The smallest absolute Gasteiger partial charge is 0.255 e. The number of nitrogens with one attached hydrogen (secondary N) is 1. The minimum absolute atomic E-state index is 0.105. The molecule has 124 valence electrons. The minimum Gasteiger partial charge on any atom is -0.465 e. The number of benzene rings is 1. The Morgan fingerprint density at radius 2 is 1.91 bits per heavy atom. The van der Waals surface area contributed by atoms with Crippen molar-refractivity contribution in [3.63, 3.8) is 0 Å². The number of carbonyl (C=O) groups is 1. The van der Waals surface area contributed by atoms with Crippen LogP contribution in [0.15, 0.2) is 28.7 Å². The Morgan fingerprint density at radius 3 is 2.39 bits per heavy atom. The molecule has 0 aliphatic carbocycles. The lowest BCUT2D eigenvalue weighted by molar-refractivity contribution is 0.0912. The van der Waals surface area contributed by atoms with Crippen molar-refractivity contribution < 1.29 is 23.1 Å². The molecule has 1 heterocycles. The number of hydrogen-bond acceptors (Lipinski definition) is 3. The van der Waals surface area contributed by atoms with Gasteiger partial charge < -0.3 is 14.8 Å². The zero-order valence-electron chi connectivity index (χ0n) is 13.2. The van der Waals surface area contributed by atoms with E-state index in [1.165, 1.54) is 6.07 Å². The van der Waals surface area contributed by atoms with E-state index >= 15 is 0 Å². The predicted molar refractivity (Wildman–Crippen MR) is 81.2 cm³/mol. The number of aliphatic hydroxyl groups excluding tert-OH is 1. The first-order chi connectivity index (χ1) is 10.8. The monoisotopic (exact) mass is 323 g/mol. The average molecular weight is 323 g/mol. The quantitative estimate of drug-likeness (QED) is 0.886. The minimum atomic E-state index is -1.18. The maximum Gasteiger partial charge on any atom is 0.255 e. The normalized spacial score (nSPS) is 12.5. The van der Waals surface area contributed by atoms with Crippen LogP contribution in [0.25, 0.3) is 0 Å². The highest BCUT2D eigenvalue weighted by atomic mass is 19.1. The van der Waals surface area contributed by atoms with Crippen LogP contribution in [0.5, 0.6) is 0 Å². The first-order valence-corrected chi connectivity index (χ1v) is 7.31. The number of aliphatic hydroxyl groups is 1. The predicted octanol–water partition coefficient (Wildman–Crippen LogP) is 3.45. The Kier molecular flexibility index (Phi) is 5.15. The molecule has 0 radical (unpaired) electrons. The first-order valence-electron chi connectivity index (χ1n) is 7.31. The molecule has 1 aromatic carbocycles. The summed E-state index contributed by atoms with van der Waals surface area (Å²) in [5.74, 6) is -1.04. The molecule has 2 N–H and O–H groups in total. The molecule has 2 rings (SSSR count). The van der Waals surface area contributed by atoms with Gasteiger partial charge in [0.1, 0.15) is 23.2 Å². The molecule has 0 aliphatic rings. The van der Waals surface area contributed by atoms with Crippen molar-refractivity contribution in [2.75, 3.05) is 6.61 Å². The molecular formula is C17H19F2NO3. The van der Waals surface area contributed by atoms with E-state index in [-0.39, 0.29) is 17.0 Å². The number of halogens is 2. The van der Waals surface area contributed by atoms with Gasteiger partial charge in [-0.15, -0.1) is 0 Å². The van der Waals surface area contributed by atoms with E-state index in [1.54, 1.807) is 13.0 Å². The van der Waals surface area contributed by atoms with Crippen molar-refractivity contribution in [3.05, 3.63) is 58.5 Å². The highest BCUT2D eigenvalue weighted by Crippen LogP contribution is 2.24. The fourth-order valence-corrected chi connectivity index (χ4v) is 2.30. The van der Waals surface area contributed by atoms with E-state index in [0.29, 0.717) is 11.5 Å². The summed E-state index contributed by atoms with van der Waals surface area (Å²) in [4.78, 5) is 12.3. The van der Waals surface area contributed by atoms with Gasteiger partial charge in [-0.3, -0.25) is 4.79 Å². The van der Waals surface area contributed by atoms with Gasteiger partial charge in [-0.2, -0.15) is 0 Å². The summed E-state index contributed by atoms with van der Waals surface area (Å²) in [7, 11) is 0. The fraction of sp³-hybridized carbons (Fsp3) is 0.353. The second-order valence-electron chi connectivity index (χ2n) is 5.62. The van der Waals surface area contributed by atoms with Gasteiger partial charge in [0.05, 0.1) is 18.2 Å². The van der Waals surface area contributed by atoms with Crippen LogP contribution >= 0.6 is 0 Å². The molecule has 1 aromatic heterocycles. The Morgan fingerprint density at radius 1 is 1.30 bits per heavy atom. The van der Waals surface area contributed by atoms with Crippen LogP contribution in [0.3, 0.4) is 0 Å². The molecule has 0 aliphatic heterocycles. The summed E-state index contributed by atoms with van der Waals surface area (Å²) in [5, 5.41) is 11.9. The second kappa shape index (κ2) is 6.91. The van der Waals surface area contributed by atoms with Crippen molar-refractivity contribution in [1.29, 1.82) is 0 Å². The molecule has 23 heavy (non-hydrogen) atoms. The van der Waals surface area contributed by atoms with Crippen LogP contribution in [0, 0.1) is 18.6 Å². The molecule has 0 bridgehead atoms. The van der Waals surface area contributed by atoms with E-state index in [0.717, 1.165) is 12.1 Å². The van der Waals surface area contributed by atoms with Gasteiger partial charge >= 0.3 is 0 Å². The maximum absolute atomic E-state index is 13.8. The number of furan rings is 1. The molecule has 6 heteroatoms. The highest BCUT2D eigenvalue weighted by molar-refractivity contribution is 5.95. The van der Waals surface area contributed by atoms with Crippen LogP contribution in [0.2, 0.25) is 0 Å². The zero-order valence-corrected chi connectivity index (χ0v) is 13.2. The van der Waals surface area contributed by atoms with Gasteiger partial charge in [-0.25, -0.2) is 8.78 Å². The Hall–Kier alpha value is -2.21. The number of aryl methyl sites for hydroxylation is 1. The lowest BCUT2D eigenvalue weighted by Gasteiger charge is -2.17. The van der Waals surface area contributed by atoms with Gasteiger partial charge in [0.2, 0.25) is 0 Å². The summed E-state index contributed by atoms with van der Waals surface area (Å²) in [6.45, 7) is 4.85. The third-order valence-electron chi connectivity index (χ3n) is 3.59. The lowest BCUT2D eigenvalue weighted by atomic mass is 10.1. The molecule has 2 aromatic rings. The van der Waals surface area contributed by atoms with Gasteiger partial charge in [0.25, 0.3) is 5.91 Å². The third kappa shape index (κ3) is 3.59. The van der Waals surface area contributed by atoms with Gasteiger partial charge in [0, 0.05) is 11.5 Å². The van der Waals surface area contributed by atoms with E-state index in [1.807, 2.05) is 13.8 Å². The van der Waals surface area contributed by atoms with Gasteiger partial charge in [-0.05, 0) is 25.1 Å². The number of hydrogen-bond donors (Lipinski definition) is 2. The number of carbonyl (C=O) groups excluding carboxylic acids is 1. The summed E-state index contributed by atoms with van der Waals surface area (Å²) in [6.07, 6.45) is 0. The fourth-order valence-electron chi connectivity index (χ4n) is 2.30. The van der Waals surface area contributed by atoms with Crippen molar-refractivity contribution in [2.24, 2.45) is 0 Å². The van der Waals surface area contributed by atoms with Crippen molar-refractivity contribution in [1.82, 2.24) is 5.32 Å². The van der Waals surface area contributed by atoms with E-state index in [4.69, 9.17) is 4.42 Å². The third-order valence-corrected chi connectivity index (χ3v) is 3.59. The van der Waals surface area contributed by atoms with Crippen LogP contribution in [-0.2, 0) is 0 Å². The zero-order chi connectivity index (χ0) is 17.1. The maximum atomic E-state index is 13.8. The summed E-state index contributed by atoms with van der Waals surface area (Å²) in [5.41, 5.74) is -0.0857. The number of rotatable bonds is 5.